The lowest BCUT2D eigenvalue weighted by molar-refractivity contribution is 0.0985. The van der Waals surface area contributed by atoms with Crippen LogP contribution >= 0.6 is 0 Å². The van der Waals surface area contributed by atoms with Gasteiger partial charge in [-0.25, -0.2) is 15.0 Å². The number of rotatable bonds is 4. The molecule has 2 saturated heterocycles. The van der Waals surface area contributed by atoms with Gasteiger partial charge in [0, 0.05) is 47.2 Å². The molecule has 1 N–H and O–H groups in total. The number of aryl methyl sites for hydroxylation is 1. The average molecular weight is 487 g/mol. The lowest BCUT2D eigenvalue weighted by Gasteiger charge is -2.34. The molecule has 1 atom stereocenters. The second kappa shape index (κ2) is 9.29. The van der Waals surface area contributed by atoms with Crippen molar-refractivity contribution in [3.05, 3.63) is 42.0 Å². The first-order valence-electron chi connectivity index (χ1n) is 12.9. The maximum Gasteiger partial charge on any atom is 0.162 e. The Hall–Kier alpha value is -3.30. The van der Waals surface area contributed by atoms with Gasteiger partial charge >= 0.3 is 0 Å². The van der Waals surface area contributed by atoms with Gasteiger partial charge in [0.25, 0.3) is 0 Å². The quantitative estimate of drug-likeness (QED) is 0.467. The van der Waals surface area contributed by atoms with Gasteiger partial charge in [0.2, 0.25) is 0 Å². The summed E-state index contributed by atoms with van der Waals surface area (Å²) in [6, 6.07) is 6.84. The van der Waals surface area contributed by atoms with Crippen molar-refractivity contribution in [3.63, 3.8) is 0 Å². The van der Waals surface area contributed by atoms with Crippen LogP contribution in [0, 0.1) is 13.8 Å². The molecule has 9 nitrogen and oxygen atoms in total. The van der Waals surface area contributed by atoms with E-state index in [1.165, 1.54) is 5.69 Å². The van der Waals surface area contributed by atoms with E-state index in [1.54, 1.807) is 0 Å². The fraction of sp³-hybridized carbons (Fsp3) is 0.481. The summed E-state index contributed by atoms with van der Waals surface area (Å²) in [6.45, 7) is 10.9. The molecule has 4 aromatic rings. The maximum absolute atomic E-state index is 5.71. The number of morpholine rings is 1. The lowest BCUT2D eigenvalue weighted by Crippen LogP contribution is -2.44. The number of hydrogen-bond donors (Lipinski definition) is 1. The molecule has 0 amide bonds. The van der Waals surface area contributed by atoms with Gasteiger partial charge in [0.1, 0.15) is 11.5 Å². The van der Waals surface area contributed by atoms with Crippen molar-refractivity contribution in [1.82, 2.24) is 34.6 Å². The van der Waals surface area contributed by atoms with Gasteiger partial charge in [-0.2, -0.15) is 5.10 Å². The highest BCUT2D eigenvalue weighted by Crippen LogP contribution is 2.35. The van der Waals surface area contributed by atoms with Gasteiger partial charge in [-0.3, -0.25) is 4.68 Å². The summed E-state index contributed by atoms with van der Waals surface area (Å²) in [6.07, 6.45) is 5.96. The Morgan fingerprint density at radius 2 is 1.92 bits per heavy atom. The molecule has 2 fully saturated rings. The van der Waals surface area contributed by atoms with Gasteiger partial charge < -0.3 is 19.5 Å². The summed E-state index contributed by atoms with van der Waals surface area (Å²) in [4.78, 5) is 22.6. The number of aromatic amines is 1. The molecule has 0 saturated carbocycles. The van der Waals surface area contributed by atoms with E-state index in [4.69, 9.17) is 19.8 Å². The minimum Gasteiger partial charge on any atom is -0.377 e. The van der Waals surface area contributed by atoms with E-state index in [1.807, 2.05) is 24.5 Å². The first-order valence-corrected chi connectivity index (χ1v) is 12.9. The highest BCUT2D eigenvalue weighted by Gasteiger charge is 2.27. The van der Waals surface area contributed by atoms with Gasteiger partial charge in [-0.1, -0.05) is 0 Å². The first kappa shape index (κ1) is 23.1. The Morgan fingerprint density at radius 1 is 1.08 bits per heavy atom. The third-order valence-corrected chi connectivity index (χ3v) is 7.69. The van der Waals surface area contributed by atoms with E-state index in [-0.39, 0.29) is 6.04 Å². The number of pyridine rings is 1. The zero-order valence-electron chi connectivity index (χ0n) is 21.5. The molecule has 0 bridgehead atoms. The van der Waals surface area contributed by atoms with Crippen molar-refractivity contribution < 1.29 is 4.74 Å². The van der Waals surface area contributed by atoms with E-state index < -0.39 is 0 Å². The molecular weight excluding hydrogens is 452 g/mol. The third kappa shape index (κ3) is 4.06. The van der Waals surface area contributed by atoms with Crippen molar-refractivity contribution in [2.75, 3.05) is 44.8 Å². The first-order chi connectivity index (χ1) is 17.5. The van der Waals surface area contributed by atoms with Crippen molar-refractivity contribution in [3.8, 4) is 22.6 Å². The number of fused-ring (bicyclic) bond motifs is 1. The summed E-state index contributed by atoms with van der Waals surface area (Å²) in [7, 11) is 2.19. The van der Waals surface area contributed by atoms with Crippen LogP contribution in [0.3, 0.4) is 0 Å². The largest absolute Gasteiger partial charge is 0.377 e. The van der Waals surface area contributed by atoms with Crippen LogP contribution in [-0.2, 0) is 4.74 Å². The molecule has 2 aliphatic rings. The van der Waals surface area contributed by atoms with Crippen molar-refractivity contribution >= 4 is 16.9 Å². The normalized spacial score (nSPS) is 19.9. The second-order valence-electron chi connectivity index (χ2n) is 10.2. The van der Waals surface area contributed by atoms with Crippen molar-refractivity contribution in [2.45, 2.75) is 45.7 Å². The number of anilines is 1. The molecule has 188 valence electrons. The van der Waals surface area contributed by atoms with Crippen LogP contribution in [0.5, 0.6) is 0 Å². The minimum absolute atomic E-state index is 0.239. The monoisotopic (exact) mass is 486 g/mol. The minimum atomic E-state index is 0.239. The fourth-order valence-corrected chi connectivity index (χ4v) is 5.68. The summed E-state index contributed by atoms with van der Waals surface area (Å²) in [5.74, 6) is 1.64. The molecule has 6 heterocycles. The van der Waals surface area contributed by atoms with Crippen LogP contribution in [0.1, 0.15) is 37.2 Å². The van der Waals surface area contributed by atoms with Crippen LogP contribution < -0.4 is 4.90 Å². The molecule has 9 heteroatoms. The number of nitrogens with zero attached hydrogens (tertiary/aromatic N) is 7. The van der Waals surface area contributed by atoms with E-state index in [2.05, 4.69) is 58.3 Å². The summed E-state index contributed by atoms with van der Waals surface area (Å²) in [5.41, 5.74) is 6.03. The second-order valence-corrected chi connectivity index (χ2v) is 10.2. The molecule has 0 radical (unpaired) electrons. The molecule has 4 aromatic heterocycles. The molecule has 0 aromatic carbocycles. The summed E-state index contributed by atoms with van der Waals surface area (Å²) >= 11 is 0. The zero-order valence-corrected chi connectivity index (χ0v) is 21.5. The molecule has 0 aliphatic carbocycles. The molecule has 2 aliphatic heterocycles. The number of H-pyrrole nitrogens is 1. The third-order valence-electron chi connectivity index (χ3n) is 7.69. The number of likely N-dealkylation sites (tertiary alicyclic amines) is 1. The Bertz CT molecular complexity index is 1380. The van der Waals surface area contributed by atoms with Crippen molar-refractivity contribution in [1.29, 1.82) is 0 Å². The molecule has 36 heavy (non-hydrogen) atoms. The van der Waals surface area contributed by atoms with E-state index >= 15 is 0 Å². The van der Waals surface area contributed by atoms with Crippen LogP contribution in [0.4, 0.5) is 5.82 Å². The van der Waals surface area contributed by atoms with Crippen LogP contribution in [0.2, 0.25) is 0 Å². The smallest absolute Gasteiger partial charge is 0.162 e. The summed E-state index contributed by atoms with van der Waals surface area (Å²) < 4.78 is 7.96. The van der Waals surface area contributed by atoms with Crippen LogP contribution in [0.25, 0.3) is 33.7 Å². The molecule has 6 rings (SSSR count). The standard InChI is InChI=1S/C27H34N8O/c1-17-16-36-14-13-34(17)24-15-23(30-27(31-24)22-6-10-29-26-21(22)5-9-28-26)25-18(2)32-35(19(25)3)20-7-11-33(4)12-8-20/h5-6,9-10,15,17,20H,7-8,11-14,16H2,1-4H3,(H,28,29)/t17-/m1/s1. The topological polar surface area (TPSA) is 88.0 Å². The van der Waals surface area contributed by atoms with Gasteiger partial charge in [0.15, 0.2) is 5.82 Å². The van der Waals surface area contributed by atoms with Crippen LogP contribution in [0.15, 0.2) is 30.6 Å². The summed E-state index contributed by atoms with van der Waals surface area (Å²) in [5, 5.41) is 6.05. The van der Waals surface area contributed by atoms with Gasteiger partial charge in [-0.05, 0) is 65.9 Å². The number of piperidine rings is 1. The highest BCUT2D eigenvalue weighted by molar-refractivity contribution is 5.91. The maximum atomic E-state index is 5.71. The molecular formula is C27H34N8O. The van der Waals surface area contributed by atoms with Gasteiger partial charge in [-0.15, -0.1) is 0 Å². The van der Waals surface area contributed by atoms with E-state index in [0.29, 0.717) is 25.1 Å². The van der Waals surface area contributed by atoms with Gasteiger partial charge in [0.05, 0.1) is 36.7 Å². The van der Waals surface area contributed by atoms with E-state index in [9.17, 15) is 0 Å². The highest BCUT2D eigenvalue weighted by atomic mass is 16.5. The SMILES string of the molecule is Cc1nn(C2CCN(C)CC2)c(C)c1-c1cc(N2CCOC[C@H]2C)nc(-c2ccnc3[nH]ccc23)n1. The van der Waals surface area contributed by atoms with E-state index in [0.717, 1.165) is 71.8 Å². The fourth-order valence-electron chi connectivity index (χ4n) is 5.68. The van der Waals surface area contributed by atoms with Crippen LogP contribution in [-0.4, -0.2) is 80.6 Å². The number of aromatic nitrogens is 6. The average Bonchev–Trinajstić information content (AvgIpc) is 3.48. The zero-order chi connectivity index (χ0) is 24.8. The van der Waals surface area contributed by atoms with Crippen molar-refractivity contribution in [2.24, 2.45) is 0 Å². The number of ether oxygens (including phenoxy) is 1. The number of nitrogens with one attached hydrogen (secondary N) is 1. The Labute approximate surface area is 211 Å². The Kier molecular flexibility index (Phi) is 5.97. The predicted molar refractivity (Wildman–Crippen MR) is 141 cm³/mol. The predicted octanol–water partition coefficient (Wildman–Crippen LogP) is 3.99. The molecule has 0 spiro atoms. The molecule has 0 unspecified atom stereocenters. The lowest BCUT2D eigenvalue weighted by atomic mass is 10.0. The number of hydrogen-bond acceptors (Lipinski definition) is 7. The Balaban J connectivity index is 1.49. The Morgan fingerprint density at radius 3 is 2.72 bits per heavy atom.